The Hall–Kier alpha value is -2.99. The van der Waals surface area contributed by atoms with Gasteiger partial charge in [-0.15, -0.1) is 0 Å². The fourth-order valence-electron chi connectivity index (χ4n) is 3.70. The van der Waals surface area contributed by atoms with E-state index in [1.807, 2.05) is 19.1 Å². The van der Waals surface area contributed by atoms with Crippen LogP contribution in [0.1, 0.15) is 41.4 Å². The lowest BCUT2D eigenvalue weighted by atomic mass is 10.1. The van der Waals surface area contributed by atoms with E-state index in [-0.39, 0.29) is 0 Å². The highest BCUT2D eigenvalue weighted by Crippen LogP contribution is 2.43. The summed E-state index contributed by atoms with van der Waals surface area (Å²) >= 11 is 5.96. The van der Waals surface area contributed by atoms with E-state index in [1.165, 1.54) is 35.7 Å². The molecule has 0 bridgehead atoms. The summed E-state index contributed by atoms with van der Waals surface area (Å²) in [6.45, 7) is 3.32. The van der Waals surface area contributed by atoms with Crippen molar-refractivity contribution in [3.63, 3.8) is 0 Å². The maximum absolute atomic E-state index is 5.96. The van der Waals surface area contributed by atoms with Gasteiger partial charge in [-0.25, -0.2) is 4.98 Å². The van der Waals surface area contributed by atoms with Crippen LogP contribution in [0.3, 0.4) is 0 Å². The zero-order valence-corrected chi connectivity index (χ0v) is 16.9. The fraction of sp³-hybridized carbons (Fsp3) is 0.273. The van der Waals surface area contributed by atoms with Gasteiger partial charge in [0.1, 0.15) is 11.0 Å². The molecule has 4 aromatic rings. The average molecular weight is 405 g/mol. The molecule has 146 valence electrons. The number of benzene rings is 1. The molecule has 0 radical (unpaired) electrons. The molecule has 7 heteroatoms. The molecular weight excluding hydrogens is 384 g/mol. The van der Waals surface area contributed by atoms with Crippen molar-refractivity contribution in [2.75, 3.05) is 5.32 Å². The van der Waals surface area contributed by atoms with Crippen molar-refractivity contribution >= 4 is 28.3 Å². The average Bonchev–Trinajstić information content (AvgIpc) is 3.49. The van der Waals surface area contributed by atoms with E-state index in [1.54, 1.807) is 6.20 Å². The minimum Gasteiger partial charge on any atom is -0.365 e. The molecule has 0 aliphatic heterocycles. The Kier molecular flexibility index (Phi) is 4.64. The molecule has 0 saturated heterocycles. The van der Waals surface area contributed by atoms with Crippen LogP contribution in [-0.2, 0) is 13.1 Å². The Labute approximate surface area is 174 Å². The third-order valence-corrected chi connectivity index (χ3v) is 5.36. The summed E-state index contributed by atoms with van der Waals surface area (Å²) in [7, 11) is 0. The van der Waals surface area contributed by atoms with Gasteiger partial charge in [0.2, 0.25) is 0 Å². The molecule has 1 N–H and O–H groups in total. The van der Waals surface area contributed by atoms with Crippen LogP contribution >= 0.6 is 11.6 Å². The largest absolute Gasteiger partial charge is 0.365 e. The van der Waals surface area contributed by atoms with E-state index >= 15 is 0 Å². The molecule has 1 saturated carbocycles. The fourth-order valence-corrected chi connectivity index (χ4v) is 3.84. The predicted molar refractivity (Wildman–Crippen MR) is 114 cm³/mol. The second kappa shape index (κ2) is 7.44. The molecule has 1 aliphatic carbocycles. The van der Waals surface area contributed by atoms with Gasteiger partial charge in [0.25, 0.3) is 0 Å². The highest BCUT2D eigenvalue weighted by atomic mass is 35.5. The standard InChI is InChI=1S/C22H21ClN6/c1-14-4-2-6-17(26-14)13-29-18-7-3-5-16(21(18)22(28-29)15-8-9-15)10-25-20-12-24-11-19(23)27-20/h2-7,11-12,15H,8-10,13H2,1H3,(H,25,27). The van der Waals surface area contributed by atoms with Crippen molar-refractivity contribution in [3.05, 3.63) is 76.6 Å². The number of halogens is 1. The van der Waals surface area contributed by atoms with Crippen LogP contribution in [0.25, 0.3) is 10.9 Å². The highest BCUT2D eigenvalue weighted by Gasteiger charge is 2.30. The minimum atomic E-state index is 0.380. The van der Waals surface area contributed by atoms with E-state index in [2.05, 4.69) is 49.2 Å². The summed E-state index contributed by atoms with van der Waals surface area (Å²) in [5, 5.41) is 9.97. The van der Waals surface area contributed by atoms with Crippen LogP contribution in [-0.4, -0.2) is 24.7 Å². The lowest BCUT2D eigenvalue weighted by Crippen LogP contribution is -2.05. The maximum Gasteiger partial charge on any atom is 0.149 e. The molecule has 1 aliphatic rings. The number of hydrogen-bond acceptors (Lipinski definition) is 5. The zero-order valence-electron chi connectivity index (χ0n) is 16.1. The predicted octanol–water partition coefficient (Wildman–Crippen LogP) is 4.72. The smallest absolute Gasteiger partial charge is 0.149 e. The first-order valence-electron chi connectivity index (χ1n) is 9.79. The van der Waals surface area contributed by atoms with Crippen molar-refractivity contribution in [2.45, 2.75) is 38.8 Å². The van der Waals surface area contributed by atoms with Crippen molar-refractivity contribution in [1.29, 1.82) is 0 Å². The molecule has 0 amide bonds. The second-order valence-corrected chi connectivity index (χ2v) is 7.87. The molecule has 3 aromatic heterocycles. The summed E-state index contributed by atoms with van der Waals surface area (Å²) in [6, 6.07) is 12.5. The summed E-state index contributed by atoms with van der Waals surface area (Å²) in [6.07, 6.45) is 5.62. The Morgan fingerprint density at radius 2 is 1.97 bits per heavy atom. The Balaban J connectivity index is 1.51. The SMILES string of the molecule is Cc1cccc(Cn2nc(C3CC3)c3c(CNc4cncc(Cl)n4)cccc32)n1. The van der Waals surface area contributed by atoms with Gasteiger partial charge in [0.15, 0.2) is 0 Å². The molecule has 6 nitrogen and oxygen atoms in total. The molecule has 1 fully saturated rings. The van der Waals surface area contributed by atoms with Crippen LogP contribution in [0, 0.1) is 6.92 Å². The molecule has 5 rings (SSSR count). The molecular formula is C22H21ClN6. The number of nitrogens with one attached hydrogen (secondary N) is 1. The zero-order chi connectivity index (χ0) is 19.8. The Bertz CT molecular complexity index is 1180. The summed E-state index contributed by atoms with van der Waals surface area (Å²) < 4.78 is 2.09. The molecule has 0 unspecified atom stereocenters. The molecule has 1 aromatic carbocycles. The number of hydrogen-bond donors (Lipinski definition) is 1. The first kappa shape index (κ1) is 18.1. The number of fused-ring (bicyclic) bond motifs is 1. The summed E-state index contributed by atoms with van der Waals surface area (Å²) in [5.74, 6) is 1.22. The van der Waals surface area contributed by atoms with Crippen molar-refractivity contribution in [1.82, 2.24) is 24.7 Å². The Morgan fingerprint density at radius 1 is 1.10 bits per heavy atom. The lowest BCUT2D eigenvalue weighted by Gasteiger charge is -2.08. The first-order valence-corrected chi connectivity index (χ1v) is 10.2. The molecule has 0 atom stereocenters. The second-order valence-electron chi connectivity index (χ2n) is 7.48. The summed E-state index contributed by atoms with van der Waals surface area (Å²) in [5.41, 5.74) is 5.59. The van der Waals surface area contributed by atoms with Gasteiger partial charge in [-0.1, -0.05) is 29.8 Å². The normalized spacial score (nSPS) is 13.7. The number of aryl methyl sites for hydroxylation is 1. The number of pyridine rings is 1. The third-order valence-electron chi connectivity index (χ3n) is 5.18. The Morgan fingerprint density at radius 3 is 2.76 bits per heavy atom. The lowest BCUT2D eigenvalue weighted by molar-refractivity contribution is 0.679. The van der Waals surface area contributed by atoms with Gasteiger partial charge in [-0.3, -0.25) is 14.6 Å². The molecule has 0 spiro atoms. The van der Waals surface area contributed by atoms with E-state index in [0.717, 1.165) is 16.9 Å². The number of anilines is 1. The maximum atomic E-state index is 5.96. The van der Waals surface area contributed by atoms with Crippen molar-refractivity contribution in [3.8, 4) is 0 Å². The van der Waals surface area contributed by atoms with Gasteiger partial charge in [-0.2, -0.15) is 5.10 Å². The number of aromatic nitrogens is 5. The van der Waals surface area contributed by atoms with Crippen molar-refractivity contribution < 1.29 is 0 Å². The molecule has 3 heterocycles. The summed E-state index contributed by atoms with van der Waals surface area (Å²) in [4.78, 5) is 13.0. The van der Waals surface area contributed by atoms with Crippen LogP contribution < -0.4 is 5.32 Å². The van der Waals surface area contributed by atoms with Crippen LogP contribution in [0.2, 0.25) is 5.15 Å². The van der Waals surface area contributed by atoms with E-state index < -0.39 is 0 Å². The van der Waals surface area contributed by atoms with Gasteiger partial charge >= 0.3 is 0 Å². The van der Waals surface area contributed by atoms with Gasteiger partial charge in [0.05, 0.1) is 35.8 Å². The first-order chi connectivity index (χ1) is 14.2. The van der Waals surface area contributed by atoms with Crippen LogP contribution in [0.5, 0.6) is 0 Å². The quantitative estimate of drug-likeness (QED) is 0.503. The topological polar surface area (TPSA) is 68.5 Å². The third kappa shape index (κ3) is 3.80. The van der Waals surface area contributed by atoms with Crippen LogP contribution in [0.15, 0.2) is 48.8 Å². The van der Waals surface area contributed by atoms with Gasteiger partial charge < -0.3 is 5.32 Å². The molecule has 29 heavy (non-hydrogen) atoms. The van der Waals surface area contributed by atoms with Gasteiger partial charge in [-0.05, 0) is 43.5 Å². The van der Waals surface area contributed by atoms with Crippen molar-refractivity contribution in [2.24, 2.45) is 0 Å². The van der Waals surface area contributed by atoms with E-state index in [4.69, 9.17) is 16.7 Å². The number of rotatable bonds is 6. The highest BCUT2D eigenvalue weighted by molar-refractivity contribution is 6.29. The monoisotopic (exact) mass is 404 g/mol. The van der Waals surface area contributed by atoms with E-state index in [9.17, 15) is 0 Å². The minimum absolute atomic E-state index is 0.380. The number of nitrogens with zero attached hydrogens (tertiary/aromatic N) is 5. The van der Waals surface area contributed by atoms with Crippen LogP contribution in [0.4, 0.5) is 5.82 Å². The van der Waals surface area contributed by atoms with Gasteiger partial charge in [0, 0.05) is 23.5 Å². The van der Waals surface area contributed by atoms with E-state index in [0.29, 0.717) is 30.0 Å².